The van der Waals surface area contributed by atoms with Crippen molar-refractivity contribution in [1.29, 1.82) is 0 Å². The number of carbonyl (C=O) groups excluding carboxylic acids is 1. The molecule has 0 aromatic heterocycles. The van der Waals surface area contributed by atoms with Crippen LogP contribution in [0, 0.1) is 0 Å². The largest absolute Gasteiger partial charge is 0.379 e. The number of rotatable bonds is 7. The molecule has 24 heavy (non-hydrogen) atoms. The number of ether oxygens (including phenoxy) is 1. The van der Waals surface area contributed by atoms with Crippen molar-refractivity contribution in [3.63, 3.8) is 0 Å². The quantitative estimate of drug-likeness (QED) is 0.704. The normalized spacial score (nSPS) is 21.3. The summed E-state index contributed by atoms with van der Waals surface area (Å²) < 4.78 is 5.60. The lowest BCUT2D eigenvalue weighted by molar-refractivity contribution is -0.128. The van der Waals surface area contributed by atoms with E-state index in [1.165, 1.54) is 24.1 Å². The summed E-state index contributed by atoms with van der Waals surface area (Å²) in [5, 5.41) is 0.157. The molecule has 1 aromatic rings. The summed E-state index contributed by atoms with van der Waals surface area (Å²) in [5.41, 5.74) is 2.54. The topological polar surface area (TPSA) is 32.8 Å². The second-order valence-electron chi connectivity index (χ2n) is 6.81. The summed E-state index contributed by atoms with van der Waals surface area (Å²) in [6, 6.07) is 8.82. The van der Waals surface area contributed by atoms with Gasteiger partial charge in [-0.15, -0.1) is 11.8 Å². The summed E-state index contributed by atoms with van der Waals surface area (Å²) in [6.07, 6.45) is 3.73. The van der Waals surface area contributed by atoms with Crippen molar-refractivity contribution in [2.45, 2.75) is 44.6 Å². The van der Waals surface area contributed by atoms with Crippen molar-refractivity contribution in [2.24, 2.45) is 0 Å². The fourth-order valence-corrected chi connectivity index (χ4v) is 4.57. The Bertz CT molecular complexity index is 541. The van der Waals surface area contributed by atoms with Gasteiger partial charge in [0.15, 0.2) is 0 Å². The third kappa shape index (κ3) is 4.25. The molecule has 5 heteroatoms. The van der Waals surface area contributed by atoms with Crippen molar-refractivity contribution in [1.82, 2.24) is 4.90 Å². The van der Waals surface area contributed by atoms with Crippen LogP contribution < -0.4 is 4.90 Å². The van der Waals surface area contributed by atoms with Gasteiger partial charge in [-0.3, -0.25) is 4.79 Å². The predicted molar refractivity (Wildman–Crippen MR) is 101 cm³/mol. The van der Waals surface area contributed by atoms with E-state index in [4.69, 9.17) is 4.74 Å². The van der Waals surface area contributed by atoms with E-state index in [-0.39, 0.29) is 17.4 Å². The van der Waals surface area contributed by atoms with Crippen LogP contribution in [0.5, 0.6) is 0 Å². The van der Waals surface area contributed by atoms with E-state index < -0.39 is 0 Å². The van der Waals surface area contributed by atoms with Gasteiger partial charge < -0.3 is 14.5 Å². The van der Waals surface area contributed by atoms with Crippen molar-refractivity contribution >= 4 is 23.4 Å². The van der Waals surface area contributed by atoms with Gasteiger partial charge in [0.1, 0.15) is 5.37 Å². The molecule has 4 nitrogen and oxygen atoms in total. The Labute approximate surface area is 149 Å². The lowest BCUT2D eigenvalue weighted by Crippen LogP contribution is -2.30. The second kappa shape index (κ2) is 8.26. The van der Waals surface area contributed by atoms with Crippen LogP contribution in [0.15, 0.2) is 24.3 Å². The molecule has 0 saturated carbocycles. The molecule has 2 aliphatic rings. The van der Waals surface area contributed by atoms with Crippen LogP contribution in [0.3, 0.4) is 0 Å². The van der Waals surface area contributed by atoms with Gasteiger partial charge in [0, 0.05) is 31.9 Å². The fourth-order valence-electron chi connectivity index (χ4n) is 3.35. The van der Waals surface area contributed by atoms with E-state index in [1.807, 2.05) is 18.7 Å². The maximum atomic E-state index is 12.2. The zero-order chi connectivity index (χ0) is 16.9. The highest BCUT2D eigenvalue weighted by Gasteiger charge is 2.32. The molecular weight excluding hydrogens is 320 g/mol. The molecule has 1 aromatic carbocycles. The predicted octanol–water partition coefficient (Wildman–Crippen LogP) is 3.68. The molecular formula is C19H28N2O2S. The standard InChI is InChI=1S/C19H28N2O2S/c1-15(2)23-13-5-12-21-18(22)14-24-19(21)16-6-8-17(9-7-16)20-10-3-4-11-20/h6-9,15,19H,3-5,10-14H2,1-2H3. The molecule has 132 valence electrons. The van der Waals surface area contributed by atoms with E-state index in [1.54, 1.807) is 11.8 Å². The number of carbonyl (C=O) groups is 1. The van der Waals surface area contributed by atoms with Crippen molar-refractivity contribution in [3.05, 3.63) is 29.8 Å². The Balaban J connectivity index is 1.60. The highest BCUT2D eigenvalue weighted by atomic mass is 32.2. The van der Waals surface area contributed by atoms with Gasteiger partial charge in [-0.25, -0.2) is 0 Å². The minimum absolute atomic E-state index is 0.157. The second-order valence-corrected chi connectivity index (χ2v) is 7.88. The number of amides is 1. The van der Waals surface area contributed by atoms with Crippen LogP contribution in [0.1, 0.15) is 44.0 Å². The first-order chi connectivity index (χ1) is 11.6. The highest BCUT2D eigenvalue weighted by molar-refractivity contribution is 8.00. The smallest absolute Gasteiger partial charge is 0.233 e. The third-order valence-electron chi connectivity index (χ3n) is 4.61. The zero-order valence-electron chi connectivity index (χ0n) is 14.7. The van der Waals surface area contributed by atoms with Crippen LogP contribution in [-0.4, -0.2) is 48.9 Å². The van der Waals surface area contributed by atoms with E-state index >= 15 is 0 Å². The number of hydrogen-bond acceptors (Lipinski definition) is 4. The molecule has 0 spiro atoms. The van der Waals surface area contributed by atoms with Gasteiger partial charge in [0.05, 0.1) is 11.9 Å². The molecule has 2 saturated heterocycles. The Kier molecular flexibility index (Phi) is 6.06. The molecule has 0 radical (unpaired) electrons. The van der Waals surface area contributed by atoms with E-state index in [2.05, 4.69) is 29.2 Å². The summed E-state index contributed by atoms with van der Waals surface area (Å²) in [4.78, 5) is 16.7. The Morgan fingerprint density at radius 1 is 1.21 bits per heavy atom. The summed E-state index contributed by atoms with van der Waals surface area (Å²) in [6.45, 7) is 7.91. The monoisotopic (exact) mass is 348 g/mol. The molecule has 3 rings (SSSR count). The first kappa shape index (κ1) is 17.6. The zero-order valence-corrected chi connectivity index (χ0v) is 15.6. The first-order valence-electron chi connectivity index (χ1n) is 9.03. The SMILES string of the molecule is CC(C)OCCCN1C(=O)CSC1c1ccc(N2CCCC2)cc1. The summed E-state index contributed by atoms with van der Waals surface area (Å²) >= 11 is 1.74. The molecule has 1 atom stereocenters. The van der Waals surface area contributed by atoms with Crippen LogP contribution in [0.25, 0.3) is 0 Å². The van der Waals surface area contributed by atoms with Gasteiger partial charge in [0.25, 0.3) is 0 Å². The van der Waals surface area contributed by atoms with Gasteiger partial charge in [-0.1, -0.05) is 12.1 Å². The molecule has 1 unspecified atom stereocenters. The maximum Gasteiger partial charge on any atom is 0.233 e. The molecule has 2 heterocycles. The molecule has 0 bridgehead atoms. The maximum absolute atomic E-state index is 12.2. The van der Waals surface area contributed by atoms with E-state index in [0.29, 0.717) is 12.4 Å². The van der Waals surface area contributed by atoms with Crippen molar-refractivity contribution < 1.29 is 9.53 Å². The third-order valence-corrected chi connectivity index (χ3v) is 5.87. The number of nitrogens with zero attached hydrogens (tertiary/aromatic N) is 2. The van der Waals surface area contributed by atoms with Crippen LogP contribution in [0.2, 0.25) is 0 Å². The first-order valence-corrected chi connectivity index (χ1v) is 10.1. The minimum Gasteiger partial charge on any atom is -0.379 e. The molecule has 0 N–H and O–H groups in total. The van der Waals surface area contributed by atoms with Crippen molar-refractivity contribution in [3.8, 4) is 0 Å². The summed E-state index contributed by atoms with van der Waals surface area (Å²) in [5.74, 6) is 0.835. The van der Waals surface area contributed by atoms with Crippen LogP contribution in [-0.2, 0) is 9.53 Å². The van der Waals surface area contributed by atoms with Gasteiger partial charge in [-0.2, -0.15) is 0 Å². The fraction of sp³-hybridized carbons (Fsp3) is 0.632. The molecule has 1 amide bonds. The Hall–Kier alpha value is -1.20. The van der Waals surface area contributed by atoms with Gasteiger partial charge in [0.2, 0.25) is 5.91 Å². The molecule has 0 aliphatic carbocycles. The van der Waals surface area contributed by atoms with Crippen molar-refractivity contribution in [2.75, 3.05) is 36.9 Å². The number of hydrogen-bond donors (Lipinski definition) is 0. The van der Waals surface area contributed by atoms with Gasteiger partial charge >= 0.3 is 0 Å². The van der Waals surface area contributed by atoms with E-state index in [0.717, 1.165) is 26.1 Å². The highest BCUT2D eigenvalue weighted by Crippen LogP contribution is 2.39. The lowest BCUT2D eigenvalue weighted by atomic mass is 10.1. The number of anilines is 1. The molecule has 2 fully saturated rings. The number of thioether (sulfide) groups is 1. The van der Waals surface area contributed by atoms with Gasteiger partial charge in [-0.05, 0) is 50.8 Å². The minimum atomic E-state index is 0.157. The average molecular weight is 349 g/mol. The Morgan fingerprint density at radius 3 is 2.58 bits per heavy atom. The lowest BCUT2D eigenvalue weighted by Gasteiger charge is -2.25. The number of benzene rings is 1. The van der Waals surface area contributed by atoms with E-state index in [9.17, 15) is 4.79 Å². The summed E-state index contributed by atoms with van der Waals surface area (Å²) in [7, 11) is 0. The molecule has 2 aliphatic heterocycles. The Morgan fingerprint density at radius 2 is 1.92 bits per heavy atom. The average Bonchev–Trinajstić information content (AvgIpc) is 3.22. The van der Waals surface area contributed by atoms with Crippen LogP contribution >= 0.6 is 11.8 Å². The van der Waals surface area contributed by atoms with Crippen LogP contribution in [0.4, 0.5) is 5.69 Å².